The van der Waals surface area contributed by atoms with Crippen molar-refractivity contribution >= 4 is 22.8 Å². The van der Waals surface area contributed by atoms with Gasteiger partial charge in [-0.25, -0.2) is 0 Å². The van der Waals surface area contributed by atoms with Crippen molar-refractivity contribution in [3.63, 3.8) is 0 Å². The molecule has 3 aromatic heterocycles. The topological polar surface area (TPSA) is 80.5 Å². The predicted octanol–water partition coefficient (Wildman–Crippen LogP) is 1.45. The lowest BCUT2D eigenvalue weighted by atomic mass is 10.1. The second-order valence-electron chi connectivity index (χ2n) is 5.83. The van der Waals surface area contributed by atoms with Gasteiger partial charge in [-0.2, -0.15) is 0 Å². The summed E-state index contributed by atoms with van der Waals surface area (Å²) in [5.74, 6) is 0.762. The highest BCUT2D eigenvalue weighted by atomic mass is 32.1. The van der Waals surface area contributed by atoms with E-state index in [-0.39, 0.29) is 6.10 Å². The van der Waals surface area contributed by atoms with Crippen molar-refractivity contribution in [3.8, 4) is 0 Å². The highest BCUT2D eigenvalue weighted by molar-refractivity contribution is 7.10. The summed E-state index contributed by atoms with van der Waals surface area (Å²) in [4.78, 5) is 3.82. The molecular formula is C15H19N7OS. The van der Waals surface area contributed by atoms with E-state index in [9.17, 15) is 0 Å². The molecule has 1 N–H and O–H groups in total. The van der Waals surface area contributed by atoms with Crippen LogP contribution in [0.5, 0.6) is 0 Å². The van der Waals surface area contributed by atoms with Crippen molar-refractivity contribution in [1.82, 2.24) is 30.2 Å². The summed E-state index contributed by atoms with van der Waals surface area (Å²) in [6.07, 6.45) is 0.261. The molecule has 2 atom stereocenters. The number of fused-ring (bicyclic) bond motifs is 1. The Balaban J connectivity index is 1.51. The van der Waals surface area contributed by atoms with Crippen molar-refractivity contribution in [2.75, 3.05) is 31.6 Å². The van der Waals surface area contributed by atoms with Gasteiger partial charge in [0.25, 0.3) is 0 Å². The van der Waals surface area contributed by atoms with Crippen LogP contribution in [0.4, 0.5) is 5.82 Å². The Kier molecular flexibility index (Phi) is 4.37. The summed E-state index contributed by atoms with van der Waals surface area (Å²) in [7, 11) is 0. The Labute approximate surface area is 143 Å². The van der Waals surface area contributed by atoms with Crippen molar-refractivity contribution < 1.29 is 4.74 Å². The number of morpholine rings is 1. The Hall–Kier alpha value is -2.10. The van der Waals surface area contributed by atoms with E-state index in [0.717, 1.165) is 32.1 Å². The third kappa shape index (κ3) is 3.23. The maximum absolute atomic E-state index is 5.68. The van der Waals surface area contributed by atoms with Crippen LogP contribution < -0.4 is 5.32 Å². The van der Waals surface area contributed by atoms with E-state index in [4.69, 9.17) is 4.74 Å². The molecule has 1 aliphatic rings. The van der Waals surface area contributed by atoms with E-state index in [1.165, 1.54) is 9.51 Å². The minimum absolute atomic E-state index is 0.261. The molecule has 0 unspecified atom stereocenters. The maximum atomic E-state index is 5.68. The molecule has 1 aliphatic heterocycles. The van der Waals surface area contributed by atoms with Gasteiger partial charge in [0.05, 0.1) is 18.8 Å². The molecular weight excluding hydrogens is 326 g/mol. The number of nitrogens with one attached hydrogen (secondary N) is 1. The number of rotatable bonds is 5. The SMILES string of the molecule is C[C@H]1CN([C@H](CNc2ccc3nnnn3n2)c2cccs2)CCO1. The maximum Gasteiger partial charge on any atom is 0.200 e. The molecule has 126 valence electrons. The van der Waals surface area contributed by atoms with Gasteiger partial charge in [-0.15, -0.1) is 26.2 Å². The smallest absolute Gasteiger partial charge is 0.200 e. The van der Waals surface area contributed by atoms with Crippen LogP contribution in [0.2, 0.25) is 0 Å². The highest BCUT2D eigenvalue weighted by Gasteiger charge is 2.26. The van der Waals surface area contributed by atoms with Crippen molar-refractivity contribution in [3.05, 3.63) is 34.5 Å². The standard InChI is InChI=1S/C15H19N7OS/c1-11-10-21(6-7-23-11)12(13-3-2-8-24-13)9-16-14-4-5-15-17-19-20-22(15)18-14/h2-5,8,11-12H,6-7,9-10H2,1H3,(H,16,18)/t11-,12+/m0/s1. The summed E-state index contributed by atoms with van der Waals surface area (Å²) in [5, 5.41) is 21.2. The lowest BCUT2D eigenvalue weighted by Gasteiger charge is -2.37. The van der Waals surface area contributed by atoms with Gasteiger partial charge in [-0.3, -0.25) is 4.90 Å². The number of hydrogen-bond donors (Lipinski definition) is 1. The summed E-state index contributed by atoms with van der Waals surface area (Å²) in [6, 6.07) is 8.34. The van der Waals surface area contributed by atoms with Gasteiger partial charge in [0.2, 0.25) is 0 Å². The Morgan fingerprint density at radius 3 is 3.21 bits per heavy atom. The monoisotopic (exact) mass is 345 g/mol. The van der Waals surface area contributed by atoms with Gasteiger partial charge in [0.15, 0.2) is 5.65 Å². The van der Waals surface area contributed by atoms with E-state index in [1.807, 2.05) is 12.1 Å². The van der Waals surface area contributed by atoms with Crippen LogP contribution in [0.25, 0.3) is 5.65 Å². The molecule has 0 amide bonds. The van der Waals surface area contributed by atoms with Crippen LogP contribution in [-0.2, 0) is 4.74 Å². The van der Waals surface area contributed by atoms with E-state index in [0.29, 0.717) is 11.7 Å². The molecule has 0 bridgehead atoms. The van der Waals surface area contributed by atoms with Crippen LogP contribution in [0.3, 0.4) is 0 Å². The third-order valence-electron chi connectivity index (χ3n) is 4.13. The molecule has 0 radical (unpaired) electrons. The molecule has 1 saturated heterocycles. The molecule has 0 spiro atoms. The van der Waals surface area contributed by atoms with E-state index < -0.39 is 0 Å². The van der Waals surface area contributed by atoms with Crippen molar-refractivity contribution in [2.45, 2.75) is 19.1 Å². The number of anilines is 1. The first kappa shape index (κ1) is 15.4. The molecule has 0 aliphatic carbocycles. The van der Waals surface area contributed by atoms with Crippen LogP contribution in [-0.4, -0.2) is 62.5 Å². The first-order chi connectivity index (χ1) is 11.8. The normalized spacial score (nSPS) is 20.3. The number of hydrogen-bond acceptors (Lipinski definition) is 8. The lowest BCUT2D eigenvalue weighted by molar-refractivity contribution is -0.0322. The average Bonchev–Trinajstić information content (AvgIpc) is 3.26. The Morgan fingerprint density at radius 2 is 2.38 bits per heavy atom. The fourth-order valence-electron chi connectivity index (χ4n) is 2.96. The first-order valence-electron chi connectivity index (χ1n) is 7.98. The zero-order valence-electron chi connectivity index (χ0n) is 13.4. The molecule has 1 fully saturated rings. The van der Waals surface area contributed by atoms with Crippen molar-refractivity contribution in [1.29, 1.82) is 0 Å². The summed E-state index contributed by atoms with van der Waals surface area (Å²) < 4.78 is 7.11. The highest BCUT2D eigenvalue weighted by Crippen LogP contribution is 2.27. The summed E-state index contributed by atoms with van der Waals surface area (Å²) in [6.45, 7) is 5.54. The number of thiophene rings is 1. The minimum atomic E-state index is 0.261. The van der Waals surface area contributed by atoms with E-state index >= 15 is 0 Å². The predicted molar refractivity (Wildman–Crippen MR) is 91.1 cm³/mol. The van der Waals surface area contributed by atoms with Crippen LogP contribution in [0.1, 0.15) is 17.8 Å². The van der Waals surface area contributed by atoms with E-state index in [1.54, 1.807) is 11.3 Å². The fourth-order valence-corrected chi connectivity index (χ4v) is 3.82. The summed E-state index contributed by atoms with van der Waals surface area (Å²) >= 11 is 1.78. The van der Waals surface area contributed by atoms with Gasteiger partial charge in [-0.1, -0.05) is 6.07 Å². The number of nitrogens with zero attached hydrogens (tertiary/aromatic N) is 6. The molecule has 9 heteroatoms. The number of aromatic nitrogens is 5. The zero-order valence-corrected chi connectivity index (χ0v) is 14.2. The van der Waals surface area contributed by atoms with Gasteiger partial charge < -0.3 is 10.1 Å². The molecule has 0 saturated carbocycles. The quantitative estimate of drug-likeness (QED) is 0.750. The molecule has 0 aromatic carbocycles. The Morgan fingerprint density at radius 1 is 1.42 bits per heavy atom. The van der Waals surface area contributed by atoms with E-state index in [2.05, 4.69) is 55.3 Å². The zero-order chi connectivity index (χ0) is 16.4. The third-order valence-corrected chi connectivity index (χ3v) is 5.10. The second-order valence-corrected chi connectivity index (χ2v) is 6.81. The van der Waals surface area contributed by atoms with Crippen molar-refractivity contribution in [2.24, 2.45) is 0 Å². The first-order valence-corrected chi connectivity index (χ1v) is 8.86. The van der Waals surface area contributed by atoms with Gasteiger partial charge >= 0.3 is 0 Å². The molecule has 3 aromatic rings. The molecule has 8 nitrogen and oxygen atoms in total. The molecule has 4 heterocycles. The average molecular weight is 345 g/mol. The molecule has 24 heavy (non-hydrogen) atoms. The minimum Gasteiger partial charge on any atom is -0.376 e. The second kappa shape index (κ2) is 6.80. The number of ether oxygens (including phenoxy) is 1. The largest absolute Gasteiger partial charge is 0.376 e. The van der Waals surface area contributed by atoms with Crippen LogP contribution in [0, 0.1) is 0 Å². The Bertz CT molecular complexity index is 790. The van der Waals surface area contributed by atoms with Gasteiger partial charge in [-0.05, 0) is 40.9 Å². The fraction of sp³-hybridized carbons (Fsp3) is 0.467. The molecule has 4 rings (SSSR count). The summed E-state index contributed by atoms with van der Waals surface area (Å²) in [5.41, 5.74) is 0.636. The van der Waals surface area contributed by atoms with Crippen LogP contribution in [0.15, 0.2) is 29.6 Å². The van der Waals surface area contributed by atoms with Gasteiger partial charge in [0, 0.05) is 24.5 Å². The lowest BCUT2D eigenvalue weighted by Crippen LogP contribution is -2.44. The van der Waals surface area contributed by atoms with Crippen LogP contribution >= 0.6 is 11.3 Å². The number of tetrazole rings is 1. The van der Waals surface area contributed by atoms with Gasteiger partial charge in [0.1, 0.15) is 5.82 Å².